The van der Waals surface area contributed by atoms with E-state index in [2.05, 4.69) is 20.3 Å². The van der Waals surface area contributed by atoms with Crippen LogP contribution in [-0.4, -0.2) is 42.7 Å². The molecule has 146 valence electrons. The summed E-state index contributed by atoms with van der Waals surface area (Å²) in [5.41, 5.74) is 4.29. The molecule has 1 amide bonds. The number of likely N-dealkylation sites (tertiary alicyclic amines) is 1. The van der Waals surface area contributed by atoms with E-state index in [1.54, 1.807) is 12.1 Å². The molecule has 2 saturated heterocycles. The molecule has 2 aliphatic heterocycles. The van der Waals surface area contributed by atoms with E-state index < -0.39 is 0 Å². The fourth-order valence-electron chi connectivity index (χ4n) is 3.90. The molecule has 0 aliphatic carbocycles. The Morgan fingerprint density at radius 2 is 1.68 bits per heavy atom. The molecule has 0 bridgehead atoms. The Balaban J connectivity index is 1.61. The number of hydrogen-bond donors (Lipinski definition) is 1. The average Bonchev–Trinajstić information content (AvgIpc) is 3.04. The van der Waals surface area contributed by atoms with Crippen LogP contribution in [0, 0.1) is 28.6 Å². The highest BCUT2D eigenvalue weighted by molar-refractivity contribution is 6.10. The van der Waals surface area contributed by atoms with Gasteiger partial charge in [0, 0.05) is 31.9 Å². The van der Waals surface area contributed by atoms with Crippen LogP contribution in [0.3, 0.4) is 0 Å². The van der Waals surface area contributed by atoms with Gasteiger partial charge in [-0.2, -0.15) is 15.6 Å². The topological polar surface area (TPSA) is 95.5 Å². The maximum Gasteiger partial charge on any atom is 0.237 e. The number of hydrazone groups is 1. The van der Waals surface area contributed by atoms with Gasteiger partial charge >= 0.3 is 0 Å². The van der Waals surface area contributed by atoms with Gasteiger partial charge in [-0.1, -0.05) is 12.8 Å². The first-order valence-electron chi connectivity index (χ1n) is 9.99. The van der Waals surface area contributed by atoms with Crippen LogP contribution in [0.1, 0.15) is 38.5 Å². The van der Waals surface area contributed by atoms with Crippen LogP contribution < -0.4 is 10.3 Å². The molecule has 0 saturated carbocycles. The highest BCUT2D eigenvalue weighted by Crippen LogP contribution is 2.26. The third kappa shape index (κ3) is 5.01. The zero-order chi connectivity index (χ0) is 19.8. The van der Waals surface area contributed by atoms with E-state index in [-0.39, 0.29) is 11.6 Å². The molecular formula is C21H26N6O. The van der Waals surface area contributed by atoms with E-state index in [9.17, 15) is 4.79 Å². The lowest BCUT2D eigenvalue weighted by Crippen LogP contribution is -2.45. The fraction of sp³-hybridized carbons (Fsp3) is 0.524. The molecular weight excluding hydrogens is 352 g/mol. The van der Waals surface area contributed by atoms with Gasteiger partial charge in [-0.25, -0.2) is 0 Å². The van der Waals surface area contributed by atoms with Crippen LogP contribution >= 0.6 is 0 Å². The van der Waals surface area contributed by atoms with Crippen molar-refractivity contribution in [3.05, 3.63) is 24.3 Å². The first-order valence-corrected chi connectivity index (χ1v) is 9.99. The number of nitrogens with one attached hydrogen (secondary N) is 1. The number of piperidine rings is 1. The minimum absolute atomic E-state index is 0.0723. The summed E-state index contributed by atoms with van der Waals surface area (Å²) >= 11 is 0. The lowest BCUT2D eigenvalue weighted by atomic mass is 9.95. The molecule has 7 heteroatoms. The molecule has 1 aromatic carbocycles. The molecule has 3 rings (SSSR count). The zero-order valence-corrected chi connectivity index (χ0v) is 16.1. The second kappa shape index (κ2) is 9.75. The largest absolute Gasteiger partial charge is 0.371 e. The summed E-state index contributed by atoms with van der Waals surface area (Å²) in [5.74, 6) is 0.392. The number of hydrogen-bond acceptors (Lipinski definition) is 6. The summed E-state index contributed by atoms with van der Waals surface area (Å²) in [6, 6.07) is 11.1. The van der Waals surface area contributed by atoms with Crippen molar-refractivity contribution in [1.82, 2.24) is 4.90 Å². The van der Waals surface area contributed by atoms with Crippen LogP contribution in [0.2, 0.25) is 0 Å². The summed E-state index contributed by atoms with van der Waals surface area (Å²) in [5, 5.41) is 21.2. The van der Waals surface area contributed by atoms with Crippen LogP contribution in [0.5, 0.6) is 0 Å². The Kier molecular flexibility index (Phi) is 6.86. The van der Waals surface area contributed by atoms with Crippen molar-refractivity contribution in [2.24, 2.45) is 11.0 Å². The number of nitriles is 2. The Labute approximate surface area is 166 Å². The molecule has 1 atom stereocenters. The van der Waals surface area contributed by atoms with Crippen molar-refractivity contribution in [3.63, 3.8) is 0 Å². The molecule has 0 aromatic heterocycles. The molecule has 2 heterocycles. The minimum atomic E-state index is -0.213. The van der Waals surface area contributed by atoms with E-state index in [1.807, 2.05) is 24.3 Å². The predicted octanol–water partition coefficient (Wildman–Crippen LogP) is 3.12. The Morgan fingerprint density at radius 1 is 1.00 bits per heavy atom. The van der Waals surface area contributed by atoms with Gasteiger partial charge in [-0.3, -0.25) is 10.2 Å². The van der Waals surface area contributed by atoms with Gasteiger partial charge in [0.25, 0.3) is 0 Å². The summed E-state index contributed by atoms with van der Waals surface area (Å²) in [4.78, 5) is 17.3. The van der Waals surface area contributed by atoms with Gasteiger partial charge in [-0.05, 0) is 49.9 Å². The molecule has 7 nitrogen and oxygen atoms in total. The van der Waals surface area contributed by atoms with Crippen molar-refractivity contribution >= 4 is 23.0 Å². The third-order valence-corrected chi connectivity index (χ3v) is 5.43. The van der Waals surface area contributed by atoms with Crippen LogP contribution in [0.15, 0.2) is 29.4 Å². The summed E-state index contributed by atoms with van der Waals surface area (Å²) in [6.07, 6.45) is 6.69. The number of nitrogens with zero attached hydrogens (tertiary/aromatic N) is 5. The van der Waals surface area contributed by atoms with Gasteiger partial charge in [-0.15, -0.1) is 0 Å². The monoisotopic (exact) mass is 378 g/mol. The van der Waals surface area contributed by atoms with Crippen molar-refractivity contribution in [3.8, 4) is 12.1 Å². The second-order valence-corrected chi connectivity index (χ2v) is 7.37. The maximum absolute atomic E-state index is 13.0. The Bertz CT molecular complexity index is 765. The Morgan fingerprint density at radius 3 is 2.32 bits per heavy atom. The molecule has 1 aromatic rings. The van der Waals surface area contributed by atoms with Crippen LogP contribution in [-0.2, 0) is 4.79 Å². The summed E-state index contributed by atoms with van der Waals surface area (Å²) in [6.45, 7) is 3.52. The number of benzene rings is 1. The molecule has 0 spiro atoms. The molecule has 2 aliphatic rings. The van der Waals surface area contributed by atoms with Crippen LogP contribution in [0.25, 0.3) is 0 Å². The second-order valence-electron chi connectivity index (χ2n) is 7.37. The van der Waals surface area contributed by atoms with Crippen molar-refractivity contribution in [1.29, 1.82) is 10.5 Å². The lowest BCUT2D eigenvalue weighted by molar-refractivity contribution is -0.135. The first kappa shape index (κ1) is 19.7. The highest BCUT2D eigenvalue weighted by atomic mass is 16.2. The van der Waals surface area contributed by atoms with E-state index in [0.29, 0.717) is 11.6 Å². The first-order chi connectivity index (χ1) is 13.7. The lowest BCUT2D eigenvalue weighted by Gasteiger charge is -2.36. The van der Waals surface area contributed by atoms with Crippen molar-refractivity contribution in [2.75, 3.05) is 36.5 Å². The third-order valence-electron chi connectivity index (χ3n) is 5.43. The Hall–Kier alpha value is -3.06. The predicted molar refractivity (Wildman–Crippen MR) is 109 cm³/mol. The van der Waals surface area contributed by atoms with Crippen molar-refractivity contribution in [2.45, 2.75) is 38.5 Å². The van der Waals surface area contributed by atoms with E-state index in [1.165, 1.54) is 12.8 Å². The van der Waals surface area contributed by atoms with Gasteiger partial charge < -0.3 is 9.80 Å². The van der Waals surface area contributed by atoms with E-state index in [4.69, 9.17) is 10.5 Å². The van der Waals surface area contributed by atoms with E-state index >= 15 is 0 Å². The summed E-state index contributed by atoms with van der Waals surface area (Å²) < 4.78 is 0. The molecule has 2 fully saturated rings. The molecule has 28 heavy (non-hydrogen) atoms. The molecule has 0 radical (unpaired) electrons. The quantitative estimate of drug-likeness (QED) is 0.641. The maximum atomic E-state index is 13.0. The van der Waals surface area contributed by atoms with Crippen LogP contribution in [0.4, 0.5) is 11.4 Å². The normalized spacial score (nSPS) is 19.7. The van der Waals surface area contributed by atoms with Gasteiger partial charge in [0.2, 0.25) is 11.6 Å². The smallest absolute Gasteiger partial charge is 0.237 e. The zero-order valence-electron chi connectivity index (χ0n) is 16.1. The van der Waals surface area contributed by atoms with Gasteiger partial charge in [0.05, 0.1) is 11.6 Å². The standard InChI is InChI=1S/C21H26N6O/c22-14-19(15-23)25-24-18-7-9-20(10-8-18)27-13-5-6-17(16-27)21(28)26-11-3-1-2-4-12-26/h7-10,17,24H,1-6,11-13,16H2. The average molecular weight is 378 g/mol. The van der Waals surface area contributed by atoms with Crippen molar-refractivity contribution < 1.29 is 4.79 Å². The highest BCUT2D eigenvalue weighted by Gasteiger charge is 2.29. The summed E-state index contributed by atoms with van der Waals surface area (Å²) in [7, 11) is 0. The number of anilines is 2. The number of rotatable bonds is 4. The fourth-order valence-corrected chi connectivity index (χ4v) is 3.90. The molecule has 1 unspecified atom stereocenters. The number of carbonyl (C=O) groups is 1. The van der Waals surface area contributed by atoms with Gasteiger partial charge in [0.15, 0.2) is 0 Å². The van der Waals surface area contributed by atoms with Gasteiger partial charge in [0.1, 0.15) is 12.1 Å². The SMILES string of the molecule is N#CC(C#N)=NNc1ccc(N2CCCC(C(=O)N3CCCCCC3)C2)cc1. The number of carbonyl (C=O) groups excluding carboxylic acids is 1. The van der Waals surface area contributed by atoms with E-state index in [0.717, 1.165) is 57.5 Å². The minimum Gasteiger partial charge on any atom is -0.371 e. The number of amides is 1. The molecule has 1 N–H and O–H groups in total.